The summed E-state index contributed by atoms with van der Waals surface area (Å²) in [5.74, 6) is 0.444. The average Bonchev–Trinajstić information content (AvgIpc) is 2.74. The Kier molecular flexibility index (Phi) is 10.8. The van der Waals surface area contributed by atoms with E-state index in [1.807, 2.05) is 30.3 Å². The van der Waals surface area contributed by atoms with Gasteiger partial charge in [-0.2, -0.15) is 0 Å². The van der Waals surface area contributed by atoms with E-state index in [-0.39, 0.29) is 17.3 Å². The molecular weight excluding hydrogens is 423 g/mol. The zero-order valence-corrected chi connectivity index (χ0v) is 18.2. The summed E-state index contributed by atoms with van der Waals surface area (Å²) >= 11 is 1.06. The van der Waals surface area contributed by atoms with Gasteiger partial charge in [0.2, 0.25) is 0 Å². The molecule has 0 saturated carbocycles. The van der Waals surface area contributed by atoms with Gasteiger partial charge in [0.05, 0.1) is 24.1 Å². The van der Waals surface area contributed by atoms with E-state index in [0.29, 0.717) is 11.3 Å². The molecule has 3 rings (SSSR count). The van der Waals surface area contributed by atoms with E-state index < -0.39 is 0 Å². The van der Waals surface area contributed by atoms with Crippen LogP contribution in [-0.4, -0.2) is 34.3 Å². The van der Waals surface area contributed by atoms with Crippen molar-refractivity contribution in [2.75, 3.05) is 7.11 Å². The van der Waals surface area contributed by atoms with E-state index in [1.165, 1.54) is 27.0 Å². The van der Waals surface area contributed by atoms with Gasteiger partial charge in [0.15, 0.2) is 17.3 Å². The van der Waals surface area contributed by atoms with Crippen LogP contribution in [0.5, 0.6) is 11.5 Å². The van der Waals surface area contributed by atoms with Crippen molar-refractivity contribution in [3.8, 4) is 11.5 Å². The molecular formula is C22H22N2O5V. The van der Waals surface area contributed by atoms with Crippen LogP contribution in [0.2, 0.25) is 0 Å². The molecule has 0 radical (unpaired) electrons. The number of para-hydroxylation sites is 2. The average molecular weight is 445 g/mol. The second-order valence-electron chi connectivity index (χ2n) is 5.90. The van der Waals surface area contributed by atoms with Crippen LogP contribution >= 0.6 is 0 Å². The van der Waals surface area contributed by atoms with E-state index in [9.17, 15) is 9.90 Å². The summed E-state index contributed by atoms with van der Waals surface area (Å²) in [5.41, 5.74) is 2.19. The number of ether oxygens (including phenoxy) is 1. The SMILES string of the molecule is CC(=O)/C=C(/C)O.COc1cccc(C=Nc2cccc3cccnc23)c1O.[O]=[V]. The van der Waals surface area contributed by atoms with Crippen LogP contribution in [0, 0.1) is 0 Å². The molecule has 0 saturated heterocycles. The van der Waals surface area contributed by atoms with Gasteiger partial charge >= 0.3 is 21.0 Å². The monoisotopic (exact) mass is 445 g/mol. The normalized spacial score (nSPS) is 10.5. The van der Waals surface area contributed by atoms with Crippen LogP contribution in [0.3, 0.4) is 0 Å². The number of fused-ring (bicyclic) bond motifs is 1. The van der Waals surface area contributed by atoms with Crippen LogP contribution in [0.1, 0.15) is 19.4 Å². The summed E-state index contributed by atoms with van der Waals surface area (Å²) in [6.45, 7) is 2.85. The Morgan fingerprint density at radius 3 is 2.37 bits per heavy atom. The van der Waals surface area contributed by atoms with Gasteiger partial charge in [-0.1, -0.05) is 24.3 Å². The standard InChI is InChI=1S/C17H14N2O2.C5H8O2.O.V/c1-21-15-9-3-6-13(17(15)20)11-19-14-8-2-5-12-7-4-10-18-16(12)14;1-4(6)3-5(2)7;;/h2-11,20H,1H3;3,6H,1-2H3;;/b;4-3-;;. The molecule has 1 heterocycles. The zero-order chi connectivity index (χ0) is 22.5. The first-order chi connectivity index (χ1) is 14.4. The molecule has 7 nitrogen and oxygen atoms in total. The Morgan fingerprint density at radius 1 is 1.10 bits per heavy atom. The van der Waals surface area contributed by atoms with Crippen molar-refractivity contribution in [1.82, 2.24) is 4.98 Å². The molecule has 0 atom stereocenters. The van der Waals surface area contributed by atoms with Crippen molar-refractivity contribution in [3.63, 3.8) is 0 Å². The number of benzene rings is 2. The number of rotatable bonds is 4. The van der Waals surface area contributed by atoms with Crippen LogP contribution in [0.15, 0.2) is 71.6 Å². The fourth-order valence-electron chi connectivity index (χ4n) is 2.43. The molecule has 1 aromatic heterocycles. The van der Waals surface area contributed by atoms with Gasteiger partial charge in [-0.25, -0.2) is 0 Å². The zero-order valence-electron chi connectivity index (χ0n) is 16.8. The third kappa shape index (κ3) is 7.62. The molecule has 0 unspecified atom stereocenters. The third-order valence-corrected chi connectivity index (χ3v) is 3.62. The Balaban J connectivity index is 0.000000428. The van der Waals surface area contributed by atoms with Crippen LogP contribution in [0.25, 0.3) is 10.9 Å². The molecule has 0 aliphatic carbocycles. The molecule has 2 N–H and O–H groups in total. The Hall–Kier alpha value is -3.29. The summed E-state index contributed by atoms with van der Waals surface area (Å²) in [4.78, 5) is 18.8. The van der Waals surface area contributed by atoms with Crippen LogP contribution in [-0.2, 0) is 25.8 Å². The summed E-state index contributed by atoms with van der Waals surface area (Å²) in [5, 5.41) is 19.4. The first-order valence-electron chi connectivity index (χ1n) is 8.72. The second kappa shape index (κ2) is 13.0. The summed E-state index contributed by atoms with van der Waals surface area (Å²) in [6.07, 6.45) is 4.52. The van der Waals surface area contributed by atoms with Gasteiger partial charge in [-0.15, -0.1) is 0 Å². The number of hydrogen-bond acceptors (Lipinski definition) is 7. The fourth-order valence-corrected chi connectivity index (χ4v) is 2.43. The quantitative estimate of drug-likeness (QED) is 0.345. The molecule has 0 amide bonds. The van der Waals surface area contributed by atoms with Gasteiger partial charge in [-0.3, -0.25) is 14.8 Å². The molecule has 0 bridgehead atoms. The molecule has 0 fully saturated rings. The number of phenolic OH excluding ortho intramolecular Hbond substituents is 1. The number of phenols is 1. The fraction of sp³-hybridized carbons (Fsp3) is 0.136. The second-order valence-corrected chi connectivity index (χ2v) is 5.90. The Labute approximate surface area is 184 Å². The number of aliphatic hydroxyl groups is 1. The molecule has 0 aliphatic rings. The van der Waals surface area contributed by atoms with E-state index in [0.717, 1.165) is 34.0 Å². The molecule has 30 heavy (non-hydrogen) atoms. The number of aromatic nitrogens is 1. The topological polar surface area (TPSA) is 109 Å². The minimum atomic E-state index is -0.125. The Bertz CT molecular complexity index is 1040. The number of methoxy groups -OCH3 is 1. The van der Waals surface area contributed by atoms with Gasteiger partial charge in [0.25, 0.3) is 0 Å². The van der Waals surface area contributed by atoms with Crippen molar-refractivity contribution in [1.29, 1.82) is 0 Å². The van der Waals surface area contributed by atoms with E-state index in [4.69, 9.17) is 13.5 Å². The van der Waals surface area contributed by atoms with Crippen molar-refractivity contribution in [3.05, 3.63) is 72.1 Å². The molecule has 8 heteroatoms. The number of allylic oxidation sites excluding steroid dienone is 2. The molecule has 155 valence electrons. The van der Waals surface area contributed by atoms with Crippen molar-refractivity contribution < 1.29 is 40.8 Å². The molecule has 2 aromatic carbocycles. The van der Waals surface area contributed by atoms with Gasteiger partial charge < -0.3 is 14.9 Å². The van der Waals surface area contributed by atoms with E-state index in [2.05, 4.69) is 9.98 Å². The number of ketones is 1. The summed E-state index contributed by atoms with van der Waals surface area (Å²) in [6, 6.07) is 15.0. The minimum absolute atomic E-state index is 0.0625. The van der Waals surface area contributed by atoms with Crippen LogP contribution in [0.4, 0.5) is 5.69 Å². The number of carbonyl (C=O) groups excluding carboxylic acids is 1. The number of pyridine rings is 1. The van der Waals surface area contributed by atoms with Crippen LogP contribution < -0.4 is 4.74 Å². The van der Waals surface area contributed by atoms with E-state index >= 15 is 0 Å². The predicted molar refractivity (Wildman–Crippen MR) is 111 cm³/mol. The number of aliphatic hydroxyl groups excluding tert-OH is 1. The summed E-state index contributed by atoms with van der Waals surface area (Å²) < 4.78 is 13.3. The number of hydrogen-bond donors (Lipinski definition) is 2. The number of carbonyl (C=O) groups is 1. The maximum absolute atomic E-state index is 10.0. The number of aliphatic imine (C=N–C) groups is 1. The van der Waals surface area contributed by atoms with Gasteiger partial charge in [-0.05, 0) is 38.1 Å². The third-order valence-electron chi connectivity index (χ3n) is 3.62. The summed E-state index contributed by atoms with van der Waals surface area (Å²) in [7, 11) is 1.52. The van der Waals surface area contributed by atoms with Gasteiger partial charge in [0, 0.05) is 29.4 Å². The van der Waals surface area contributed by atoms with Crippen molar-refractivity contribution in [2.45, 2.75) is 13.8 Å². The first-order valence-corrected chi connectivity index (χ1v) is 9.29. The van der Waals surface area contributed by atoms with Gasteiger partial charge in [0.1, 0.15) is 0 Å². The predicted octanol–water partition coefficient (Wildman–Crippen LogP) is 4.62. The maximum atomic E-state index is 10.0. The van der Waals surface area contributed by atoms with E-state index in [1.54, 1.807) is 30.6 Å². The first kappa shape index (κ1) is 24.8. The molecule has 0 aliphatic heterocycles. The molecule has 3 aromatic rings. The van der Waals surface area contributed by atoms with Crippen molar-refractivity contribution >= 4 is 28.6 Å². The van der Waals surface area contributed by atoms with Crippen molar-refractivity contribution in [2.24, 2.45) is 4.99 Å². The Morgan fingerprint density at radius 2 is 1.77 bits per heavy atom. The number of aromatic hydroxyl groups is 1. The number of nitrogens with zero attached hydrogens (tertiary/aromatic N) is 2. The molecule has 0 spiro atoms.